The second-order valence-corrected chi connectivity index (χ2v) is 4.93. The van der Waals surface area contributed by atoms with Crippen LogP contribution >= 0.6 is 0 Å². The van der Waals surface area contributed by atoms with Crippen molar-refractivity contribution in [1.82, 2.24) is 5.32 Å². The van der Waals surface area contributed by atoms with Crippen LogP contribution in [0.5, 0.6) is 0 Å². The van der Waals surface area contributed by atoms with Crippen molar-refractivity contribution in [2.75, 3.05) is 18.0 Å². The predicted molar refractivity (Wildman–Crippen MR) is 78.5 cm³/mol. The van der Waals surface area contributed by atoms with E-state index < -0.39 is 0 Å². The molecular weight excluding hydrogens is 252 g/mol. The molecule has 0 aliphatic carbocycles. The molecule has 1 atom stereocenters. The van der Waals surface area contributed by atoms with Crippen molar-refractivity contribution in [2.45, 2.75) is 20.3 Å². The van der Waals surface area contributed by atoms with Gasteiger partial charge in [0.1, 0.15) is 0 Å². The molecule has 0 aromatic heterocycles. The Kier molecular flexibility index (Phi) is 4.09. The molecule has 1 aromatic carbocycles. The average Bonchev–Trinajstić information content (AvgIpc) is 2.81. The summed E-state index contributed by atoms with van der Waals surface area (Å²) in [6, 6.07) is 5.39. The maximum atomic E-state index is 12.0. The summed E-state index contributed by atoms with van der Waals surface area (Å²) in [5.41, 5.74) is 2.30. The van der Waals surface area contributed by atoms with E-state index in [1.54, 1.807) is 17.0 Å². The third-order valence-corrected chi connectivity index (χ3v) is 3.46. The number of hydrogen-bond donors (Lipinski definition) is 1. The monoisotopic (exact) mass is 270 g/mol. The van der Waals surface area contributed by atoms with E-state index in [2.05, 4.69) is 11.2 Å². The van der Waals surface area contributed by atoms with Crippen molar-refractivity contribution >= 4 is 17.5 Å². The highest BCUT2D eigenvalue weighted by atomic mass is 16.2. The zero-order valence-electron chi connectivity index (χ0n) is 11.8. The van der Waals surface area contributed by atoms with Gasteiger partial charge in [-0.2, -0.15) is 0 Å². The summed E-state index contributed by atoms with van der Waals surface area (Å²) in [4.78, 5) is 25.6. The molecule has 104 valence electrons. The Morgan fingerprint density at radius 2 is 2.30 bits per heavy atom. The first kappa shape index (κ1) is 14.1. The van der Waals surface area contributed by atoms with Crippen LogP contribution in [0.4, 0.5) is 5.69 Å². The minimum atomic E-state index is -0.131. The number of hydrogen-bond acceptors (Lipinski definition) is 2. The van der Waals surface area contributed by atoms with E-state index in [0.29, 0.717) is 25.1 Å². The van der Waals surface area contributed by atoms with Crippen LogP contribution in [0.2, 0.25) is 0 Å². The van der Waals surface area contributed by atoms with Crippen LogP contribution < -0.4 is 10.2 Å². The van der Waals surface area contributed by atoms with Crippen molar-refractivity contribution in [3.8, 4) is 12.3 Å². The van der Waals surface area contributed by atoms with Crippen LogP contribution in [-0.2, 0) is 4.79 Å². The molecule has 1 saturated heterocycles. The summed E-state index contributed by atoms with van der Waals surface area (Å²) in [7, 11) is 0. The van der Waals surface area contributed by atoms with E-state index in [4.69, 9.17) is 6.42 Å². The number of terminal acetylenes is 1. The van der Waals surface area contributed by atoms with Crippen LogP contribution in [0, 0.1) is 25.2 Å². The van der Waals surface area contributed by atoms with Crippen molar-refractivity contribution < 1.29 is 9.59 Å². The van der Waals surface area contributed by atoms with E-state index in [0.717, 1.165) is 11.3 Å². The summed E-state index contributed by atoms with van der Waals surface area (Å²) in [5, 5.41) is 2.76. The number of nitrogens with zero attached hydrogens (tertiary/aromatic N) is 1. The van der Waals surface area contributed by atoms with Gasteiger partial charge in [-0.1, -0.05) is 6.07 Å². The van der Waals surface area contributed by atoms with Gasteiger partial charge in [0.25, 0.3) is 5.91 Å². The van der Waals surface area contributed by atoms with Gasteiger partial charge in [-0.3, -0.25) is 9.59 Å². The van der Waals surface area contributed by atoms with Crippen LogP contribution in [-0.4, -0.2) is 24.9 Å². The van der Waals surface area contributed by atoms with Gasteiger partial charge in [0.2, 0.25) is 5.91 Å². The van der Waals surface area contributed by atoms with E-state index in [1.807, 2.05) is 19.9 Å². The number of carbonyl (C=O) groups excluding carboxylic acids is 2. The molecule has 0 bridgehead atoms. The van der Waals surface area contributed by atoms with Gasteiger partial charge < -0.3 is 10.2 Å². The van der Waals surface area contributed by atoms with Crippen molar-refractivity contribution in [2.24, 2.45) is 5.92 Å². The fourth-order valence-corrected chi connectivity index (χ4v) is 2.36. The first-order valence-corrected chi connectivity index (χ1v) is 6.72. The lowest BCUT2D eigenvalue weighted by molar-refractivity contribution is -0.117. The number of rotatable bonds is 3. The maximum absolute atomic E-state index is 12.0. The van der Waals surface area contributed by atoms with Gasteiger partial charge >= 0.3 is 0 Å². The van der Waals surface area contributed by atoms with Crippen LogP contribution in [0.25, 0.3) is 0 Å². The molecule has 1 fully saturated rings. The minimum absolute atomic E-state index is 0.0177. The lowest BCUT2D eigenvalue weighted by atomic mass is 10.1. The zero-order chi connectivity index (χ0) is 14.7. The smallest absolute Gasteiger partial charge is 0.251 e. The molecule has 4 nitrogen and oxygen atoms in total. The van der Waals surface area contributed by atoms with Crippen molar-refractivity contribution in [3.05, 3.63) is 29.3 Å². The lowest BCUT2D eigenvalue weighted by Gasteiger charge is -2.19. The Balaban J connectivity index is 2.32. The standard InChI is InChI=1S/C16H18N2O2/c1-4-12-8-15(19)18(10-12)14-9-13(7-6-11(14)3)16(20)17-5-2/h1,6-7,9,12H,5,8,10H2,2-3H3,(H,17,20). The molecule has 2 rings (SSSR count). The topological polar surface area (TPSA) is 49.4 Å². The van der Waals surface area contributed by atoms with Gasteiger partial charge in [-0.25, -0.2) is 0 Å². The fourth-order valence-electron chi connectivity index (χ4n) is 2.36. The maximum Gasteiger partial charge on any atom is 0.251 e. The molecule has 1 unspecified atom stereocenters. The molecular formula is C16H18N2O2. The van der Waals surface area contributed by atoms with E-state index in [-0.39, 0.29) is 17.7 Å². The molecule has 2 amide bonds. The number of nitrogens with one attached hydrogen (secondary N) is 1. The Morgan fingerprint density at radius 1 is 1.55 bits per heavy atom. The van der Waals surface area contributed by atoms with Crippen molar-refractivity contribution in [1.29, 1.82) is 0 Å². The third-order valence-electron chi connectivity index (χ3n) is 3.46. The number of amides is 2. The first-order chi connectivity index (χ1) is 9.56. The van der Waals surface area contributed by atoms with Gasteiger partial charge in [0.05, 0.1) is 0 Å². The molecule has 1 aliphatic rings. The SMILES string of the molecule is C#CC1CC(=O)N(c2cc(C(=O)NCC)ccc2C)C1. The molecule has 1 N–H and O–H groups in total. The first-order valence-electron chi connectivity index (χ1n) is 6.72. The highest BCUT2D eigenvalue weighted by Gasteiger charge is 2.30. The Morgan fingerprint density at radius 3 is 2.90 bits per heavy atom. The normalized spacial score (nSPS) is 17.9. The Labute approximate surface area is 119 Å². The Hall–Kier alpha value is -2.28. The molecule has 20 heavy (non-hydrogen) atoms. The lowest BCUT2D eigenvalue weighted by Crippen LogP contribution is -2.27. The third kappa shape index (κ3) is 2.67. The van der Waals surface area contributed by atoms with E-state index in [1.165, 1.54) is 0 Å². The average molecular weight is 270 g/mol. The molecule has 1 heterocycles. The largest absolute Gasteiger partial charge is 0.352 e. The molecule has 0 radical (unpaired) electrons. The minimum Gasteiger partial charge on any atom is -0.352 e. The second-order valence-electron chi connectivity index (χ2n) is 4.93. The zero-order valence-corrected chi connectivity index (χ0v) is 11.8. The van der Waals surface area contributed by atoms with Gasteiger partial charge in [0, 0.05) is 36.7 Å². The van der Waals surface area contributed by atoms with Gasteiger partial charge in [0.15, 0.2) is 0 Å². The molecule has 1 aliphatic heterocycles. The summed E-state index contributed by atoms with van der Waals surface area (Å²) in [6.45, 7) is 4.89. The number of anilines is 1. The molecule has 4 heteroatoms. The Bertz CT molecular complexity index is 587. The van der Waals surface area contributed by atoms with E-state index in [9.17, 15) is 9.59 Å². The van der Waals surface area contributed by atoms with Gasteiger partial charge in [-0.15, -0.1) is 12.3 Å². The second kappa shape index (κ2) is 5.79. The van der Waals surface area contributed by atoms with Gasteiger partial charge in [-0.05, 0) is 31.5 Å². The highest BCUT2D eigenvalue weighted by Crippen LogP contribution is 2.28. The fraction of sp³-hybridized carbons (Fsp3) is 0.375. The number of benzene rings is 1. The predicted octanol–water partition coefficient (Wildman–Crippen LogP) is 1.73. The summed E-state index contributed by atoms with van der Waals surface area (Å²) < 4.78 is 0. The van der Waals surface area contributed by atoms with Crippen LogP contribution in [0.1, 0.15) is 29.3 Å². The number of carbonyl (C=O) groups is 2. The summed E-state index contributed by atoms with van der Waals surface area (Å²) in [6.07, 6.45) is 5.78. The van der Waals surface area contributed by atoms with Crippen LogP contribution in [0.15, 0.2) is 18.2 Å². The molecule has 0 spiro atoms. The summed E-state index contributed by atoms with van der Waals surface area (Å²) >= 11 is 0. The van der Waals surface area contributed by atoms with E-state index >= 15 is 0 Å². The highest BCUT2D eigenvalue weighted by molar-refractivity contribution is 6.00. The quantitative estimate of drug-likeness (QED) is 0.850. The van der Waals surface area contributed by atoms with Crippen LogP contribution in [0.3, 0.4) is 0 Å². The summed E-state index contributed by atoms with van der Waals surface area (Å²) in [5.74, 6) is 2.47. The molecule has 0 saturated carbocycles. The van der Waals surface area contributed by atoms with Crippen molar-refractivity contribution in [3.63, 3.8) is 0 Å². The molecule has 1 aromatic rings. The number of aryl methyl sites for hydroxylation is 1.